The Balaban J connectivity index is 0.000000210. The molecule has 0 spiro atoms. The number of hydrogen-bond donors (Lipinski definition) is 0. The van der Waals surface area contributed by atoms with Crippen molar-refractivity contribution in [2.24, 2.45) is 5.92 Å². The van der Waals surface area contributed by atoms with Crippen molar-refractivity contribution in [3.8, 4) is 5.75 Å². The molecule has 1 heterocycles. The summed E-state index contributed by atoms with van der Waals surface area (Å²) in [5.74, 6) is 2.05. The van der Waals surface area contributed by atoms with Crippen LogP contribution in [0, 0.1) is 5.92 Å². The van der Waals surface area contributed by atoms with Gasteiger partial charge in [0, 0.05) is 11.5 Å². The van der Waals surface area contributed by atoms with Gasteiger partial charge in [0.2, 0.25) is 0 Å². The second kappa shape index (κ2) is 10.3. The molecule has 2 unspecified atom stereocenters. The summed E-state index contributed by atoms with van der Waals surface area (Å²) in [6.45, 7) is 5.30. The van der Waals surface area contributed by atoms with Gasteiger partial charge in [0.25, 0.3) is 0 Å². The van der Waals surface area contributed by atoms with E-state index in [4.69, 9.17) is 4.74 Å². The minimum absolute atomic E-state index is 0.513. The smallest absolute Gasteiger partial charge is 0.126 e. The van der Waals surface area contributed by atoms with Gasteiger partial charge in [-0.25, -0.2) is 0 Å². The summed E-state index contributed by atoms with van der Waals surface area (Å²) in [5.41, 5.74) is 10.0. The average Bonchev–Trinajstić information content (AvgIpc) is 2.97. The lowest BCUT2D eigenvalue weighted by molar-refractivity contribution is 0.358. The lowest BCUT2D eigenvalue weighted by atomic mass is 9.78. The third kappa shape index (κ3) is 4.67. The van der Waals surface area contributed by atoms with Gasteiger partial charge in [0.05, 0.1) is 0 Å². The summed E-state index contributed by atoms with van der Waals surface area (Å²) in [6, 6.07) is 23.6. The highest BCUT2D eigenvalue weighted by atomic mass is 16.5. The molecule has 0 saturated carbocycles. The predicted molar refractivity (Wildman–Crippen MR) is 158 cm³/mol. The molecule has 1 heteroatoms. The minimum Gasteiger partial charge on any atom is -0.489 e. The molecule has 0 aromatic heterocycles. The van der Waals surface area contributed by atoms with Crippen LogP contribution in [0.15, 0.2) is 96.1 Å². The van der Waals surface area contributed by atoms with Crippen LogP contribution in [0.2, 0.25) is 0 Å². The third-order valence-electron chi connectivity index (χ3n) is 8.04. The van der Waals surface area contributed by atoms with Crippen molar-refractivity contribution in [2.45, 2.75) is 39.0 Å². The molecule has 7 rings (SSSR count). The molecule has 4 aliphatic rings. The largest absolute Gasteiger partial charge is 0.489 e. The van der Waals surface area contributed by atoms with Gasteiger partial charge in [-0.1, -0.05) is 122 Å². The van der Waals surface area contributed by atoms with Gasteiger partial charge in [0.1, 0.15) is 12.4 Å². The third-order valence-corrected chi connectivity index (χ3v) is 8.04. The molecule has 0 N–H and O–H groups in total. The number of rotatable bonds is 2. The monoisotopic (exact) mass is 482 g/mol. The Morgan fingerprint density at radius 3 is 2.54 bits per heavy atom. The highest BCUT2D eigenvalue weighted by molar-refractivity contribution is 5.83. The Morgan fingerprint density at radius 2 is 1.70 bits per heavy atom. The second-order valence-corrected chi connectivity index (χ2v) is 10.3. The van der Waals surface area contributed by atoms with Crippen LogP contribution < -0.4 is 15.2 Å². The Labute approximate surface area is 220 Å². The van der Waals surface area contributed by atoms with Gasteiger partial charge in [-0.3, -0.25) is 0 Å². The minimum atomic E-state index is 0.513. The molecule has 3 aromatic rings. The normalized spacial score (nSPS) is 20.4. The first-order valence-corrected chi connectivity index (χ1v) is 13.6. The number of fused-ring (bicyclic) bond motifs is 5. The zero-order chi connectivity index (χ0) is 25.2. The van der Waals surface area contributed by atoms with E-state index in [0.29, 0.717) is 18.4 Å². The molecule has 0 fully saturated rings. The van der Waals surface area contributed by atoms with Gasteiger partial charge in [-0.2, -0.15) is 0 Å². The lowest BCUT2D eigenvalue weighted by Crippen LogP contribution is -2.35. The van der Waals surface area contributed by atoms with Gasteiger partial charge in [0.15, 0.2) is 0 Å². The van der Waals surface area contributed by atoms with Gasteiger partial charge in [-0.15, -0.1) is 0 Å². The maximum atomic E-state index is 5.34. The highest BCUT2D eigenvalue weighted by Crippen LogP contribution is 2.38. The zero-order valence-corrected chi connectivity index (χ0v) is 21.8. The number of hydrogen-bond acceptors (Lipinski definition) is 1. The Kier molecular flexibility index (Phi) is 6.53. The van der Waals surface area contributed by atoms with E-state index in [9.17, 15) is 0 Å². The second-order valence-electron chi connectivity index (χ2n) is 10.3. The molecule has 0 amide bonds. The first-order valence-electron chi connectivity index (χ1n) is 13.6. The van der Waals surface area contributed by atoms with Crippen LogP contribution in [0.4, 0.5) is 0 Å². The van der Waals surface area contributed by atoms with Crippen LogP contribution in [-0.2, 0) is 0 Å². The topological polar surface area (TPSA) is 9.23 Å². The molecule has 0 saturated heterocycles. The summed E-state index contributed by atoms with van der Waals surface area (Å²) in [5, 5.41) is 2.90. The van der Waals surface area contributed by atoms with Gasteiger partial charge >= 0.3 is 0 Å². The maximum absolute atomic E-state index is 5.34. The van der Waals surface area contributed by atoms with E-state index in [-0.39, 0.29) is 0 Å². The van der Waals surface area contributed by atoms with Crippen molar-refractivity contribution in [3.05, 3.63) is 129 Å². The molecular formula is C36H34O. The summed E-state index contributed by atoms with van der Waals surface area (Å²) < 4.78 is 5.34. The van der Waals surface area contributed by atoms with Crippen molar-refractivity contribution < 1.29 is 4.74 Å². The molecule has 37 heavy (non-hydrogen) atoms. The summed E-state index contributed by atoms with van der Waals surface area (Å²) in [6.07, 6.45) is 19.6. The van der Waals surface area contributed by atoms with Crippen LogP contribution in [-0.4, -0.2) is 6.61 Å². The fraction of sp³-hybridized carbons (Fsp3) is 0.222. The first-order chi connectivity index (χ1) is 18.2. The Hall–Kier alpha value is -3.84. The molecule has 2 atom stereocenters. The predicted octanol–water partition coefficient (Wildman–Crippen LogP) is 7.68. The van der Waals surface area contributed by atoms with Gasteiger partial charge < -0.3 is 4.74 Å². The molecule has 1 aliphatic heterocycles. The van der Waals surface area contributed by atoms with Crippen molar-refractivity contribution >= 4 is 29.9 Å². The van der Waals surface area contributed by atoms with E-state index in [2.05, 4.69) is 92.8 Å². The zero-order valence-electron chi connectivity index (χ0n) is 21.8. The van der Waals surface area contributed by atoms with Gasteiger partial charge in [-0.05, 0) is 70.0 Å². The quantitative estimate of drug-likeness (QED) is 0.364. The number of para-hydroxylation sites is 1. The van der Waals surface area contributed by atoms with E-state index in [0.717, 1.165) is 25.0 Å². The molecule has 3 aliphatic carbocycles. The van der Waals surface area contributed by atoms with Crippen molar-refractivity contribution in [1.82, 2.24) is 0 Å². The highest BCUT2D eigenvalue weighted by Gasteiger charge is 2.22. The van der Waals surface area contributed by atoms with Crippen LogP contribution >= 0.6 is 0 Å². The lowest BCUT2D eigenvalue weighted by Gasteiger charge is -2.26. The molecule has 3 aromatic carbocycles. The Bertz CT molecular complexity index is 1560. The summed E-state index contributed by atoms with van der Waals surface area (Å²) in [4.78, 5) is 0. The van der Waals surface area contributed by atoms with E-state index >= 15 is 0 Å². The fourth-order valence-corrected chi connectivity index (χ4v) is 6.00. The molecule has 1 nitrogen and oxygen atoms in total. The fourth-order valence-electron chi connectivity index (χ4n) is 6.00. The van der Waals surface area contributed by atoms with E-state index in [1.807, 2.05) is 30.3 Å². The van der Waals surface area contributed by atoms with Crippen molar-refractivity contribution in [2.75, 3.05) is 6.61 Å². The van der Waals surface area contributed by atoms with E-state index in [1.54, 1.807) is 11.1 Å². The van der Waals surface area contributed by atoms with Crippen molar-refractivity contribution in [3.63, 3.8) is 0 Å². The van der Waals surface area contributed by atoms with Crippen molar-refractivity contribution in [1.29, 1.82) is 0 Å². The molecule has 184 valence electrons. The summed E-state index contributed by atoms with van der Waals surface area (Å²) >= 11 is 0. The Morgan fingerprint density at radius 1 is 0.865 bits per heavy atom. The van der Waals surface area contributed by atoms with Crippen LogP contribution in [0.5, 0.6) is 5.75 Å². The van der Waals surface area contributed by atoms with E-state index in [1.165, 1.54) is 38.3 Å². The van der Waals surface area contributed by atoms with E-state index < -0.39 is 0 Å². The van der Waals surface area contributed by atoms with Crippen LogP contribution in [0.1, 0.15) is 61.3 Å². The average molecular weight is 483 g/mol. The number of ether oxygens (including phenoxy) is 1. The SMILES string of the molecule is C1=Cc2ccccc2OC1.CCC1=Cc2ccc3c(c2=CC1C)=CCC1=C3C=CC(c2ccccc2)C1. The number of benzene rings is 3. The van der Waals surface area contributed by atoms with Crippen LogP contribution in [0.3, 0.4) is 0 Å². The first kappa shape index (κ1) is 23.6. The molecule has 0 radical (unpaired) electrons. The number of allylic oxidation sites excluding steroid dienone is 5. The molecule has 0 bridgehead atoms. The summed E-state index contributed by atoms with van der Waals surface area (Å²) in [7, 11) is 0. The van der Waals surface area contributed by atoms with Crippen LogP contribution in [0.25, 0.3) is 29.9 Å². The molecular weight excluding hydrogens is 448 g/mol. The standard InChI is InChI=1S/C27H26.C9H8O/c1-3-19-16-23-11-13-25-24-12-9-21(20-7-5-4-6-8-20)17-22(24)10-14-26(25)27(23)15-18(19)2;1-2-6-9-8(4-1)5-3-7-10-9/h4-9,11-16,18,21H,3,10,17H2,1-2H3;1-6H,7H2. The maximum Gasteiger partial charge on any atom is 0.126 e.